The number of alkyl halides is 2. The van der Waals surface area contributed by atoms with Crippen LogP contribution in [0.4, 0.5) is 33.3 Å². The molecular formula is C34H24BCl2F5N2O9. The van der Waals surface area contributed by atoms with Crippen molar-refractivity contribution in [1.82, 2.24) is 0 Å². The number of methoxy groups -OCH3 is 2. The van der Waals surface area contributed by atoms with Crippen molar-refractivity contribution >= 4 is 70.8 Å². The summed E-state index contributed by atoms with van der Waals surface area (Å²) in [4.78, 5) is 52.0. The molecule has 4 aliphatic rings. The molecule has 3 fully saturated rings. The molecule has 2 heterocycles. The van der Waals surface area contributed by atoms with Crippen molar-refractivity contribution in [3.8, 4) is 17.2 Å². The fourth-order valence-corrected chi connectivity index (χ4v) is 9.04. The molecular weight excluding hydrogens is 757 g/mol. The van der Waals surface area contributed by atoms with Crippen molar-refractivity contribution in [3.63, 3.8) is 0 Å². The fourth-order valence-electron chi connectivity index (χ4n) is 8.10. The van der Waals surface area contributed by atoms with Crippen molar-refractivity contribution in [2.75, 3.05) is 24.0 Å². The molecule has 6 atom stereocenters. The number of nitrogens with zero attached hydrogens (tertiary/aromatic N) is 2. The number of aromatic hydroxyl groups is 1. The summed E-state index contributed by atoms with van der Waals surface area (Å²) in [5.41, 5.74) is -1.89. The van der Waals surface area contributed by atoms with E-state index in [2.05, 4.69) is 0 Å². The van der Waals surface area contributed by atoms with E-state index in [9.17, 15) is 47.5 Å². The fraction of sp³-hybridized carbons (Fsp3) is 0.294. The Hall–Kier alpha value is -4.71. The third-order valence-electron chi connectivity index (χ3n) is 10.5. The van der Waals surface area contributed by atoms with Crippen molar-refractivity contribution in [2.45, 2.75) is 28.5 Å². The highest BCUT2D eigenvalue weighted by Crippen LogP contribution is 2.66. The average Bonchev–Trinajstić information content (AvgIpc) is 3.48. The Morgan fingerprint density at radius 3 is 1.96 bits per heavy atom. The zero-order chi connectivity index (χ0) is 38.6. The lowest BCUT2D eigenvalue weighted by molar-refractivity contribution is -0.125. The van der Waals surface area contributed by atoms with Crippen LogP contribution in [-0.4, -0.2) is 69.9 Å². The number of carbonyl (C=O) groups is 4. The van der Waals surface area contributed by atoms with E-state index in [1.54, 1.807) is 0 Å². The van der Waals surface area contributed by atoms with Crippen LogP contribution < -0.4 is 24.7 Å². The first-order chi connectivity index (χ1) is 25.0. The van der Waals surface area contributed by atoms with E-state index in [0.717, 1.165) is 4.90 Å². The Labute approximate surface area is 306 Å². The van der Waals surface area contributed by atoms with Crippen LogP contribution in [0.2, 0.25) is 0 Å². The maximum atomic E-state index is 15.3. The number of amides is 4. The zero-order valence-corrected chi connectivity index (χ0v) is 28.7. The minimum atomic E-state index is -2.81. The summed E-state index contributed by atoms with van der Waals surface area (Å²) in [5, 5.41) is 30.1. The highest BCUT2D eigenvalue weighted by Gasteiger charge is 2.77. The first-order valence-corrected chi connectivity index (χ1v) is 16.5. The topological polar surface area (TPSA) is 154 Å². The van der Waals surface area contributed by atoms with Crippen LogP contribution in [0.1, 0.15) is 24.3 Å². The molecule has 53 heavy (non-hydrogen) atoms. The number of benzene rings is 3. The Morgan fingerprint density at radius 2 is 1.40 bits per heavy atom. The number of ether oxygens (including phenoxy) is 2. The van der Waals surface area contributed by atoms with Gasteiger partial charge >= 0.3 is 7.12 Å². The monoisotopic (exact) mass is 780 g/mol. The Morgan fingerprint density at radius 1 is 0.811 bits per heavy atom. The van der Waals surface area contributed by atoms with Crippen LogP contribution >= 0.6 is 23.2 Å². The first-order valence-electron chi connectivity index (χ1n) is 15.7. The number of halogens is 7. The van der Waals surface area contributed by atoms with Crippen LogP contribution in [0.15, 0.2) is 48.0 Å². The van der Waals surface area contributed by atoms with E-state index >= 15 is 8.78 Å². The van der Waals surface area contributed by atoms with E-state index in [-0.39, 0.29) is 45.1 Å². The lowest BCUT2D eigenvalue weighted by atomic mass is 9.56. The standard InChI is InChI=1S/C34H24BCl2F5N2O9/c1-52-18-8-12(9-19(53-2)28(18)45)21-15-6-7-16-20(30(47)43(29(16)46)14-5-3-4-13(10-14)35(50)51)17(15)11-33(36)31(48)44(32(49)34(21,33)37)27-25(41)23(39)22(38)24(40)26(27)42/h3-6,8-10,16-17,20-21,45,50-51H,7,11H2,1-2H3/t16-,17+,20-,21-,33+,34-/m0/s1. The van der Waals surface area contributed by atoms with Gasteiger partial charge in [-0.3, -0.25) is 24.1 Å². The van der Waals surface area contributed by atoms with Crippen molar-refractivity contribution in [3.05, 3.63) is 82.7 Å². The van der Waals surface area contributed by atoms with E-state index in [0.29, 0.717) is 0 Å². The quantitative estimate of drug-likeness (QED) is 0.0649. The predicted molar refractivity (Wildman–Crippen MR) is 176 cm³/mol. The summed E-state index contributed by atoms with van der Waals surface area (Å²) >= 11 is 14.3. The van der Waals surface area contributed by atoms with Gasteiger partial charge in [-0.15, -0.1) is 23.2 Å². The Bertz CT molecular complexity index is 2160. The molecule has 0 spiro atoms. The minimum Gasteiger partial charge on any atom is -0.502 e. The predicted octanol–water partition coefficient (Wildman–Crippen LogP) is 3.55. The SMILES string of the molecule is COc1cc([C@H]2C3=CC[C@@H]4C(=O)N(c5cccc(B(O)O)c5)C(=O)[C@@H]4[C@@H]3C[C@@]3(Cl)C(=O)N(c4c(F)c(F)c(F)c(F)c4F)C(=O)[C@@]23Cl)cc(OC)c1O. The third-order valence-corrected chi connectivity index (χ3v) is 11.9. The average molecular weight is 781 g/mol. The number of rotatable bonds is 6. The van der Waals surface area contributed by atoms with Crippen LogP contribution in [-0.2, 0) is 19.2 Å². The molecule has 276 valence electrons. The lowest BCUT2D eigenvalue weighted by Crippen LogP contribution is -2.60. The number of allylic oxidation sites excluding steroid dienone is 2. The van der Waals surface area contributed by atoms with Gasteiger partial charge in [-0.1, -0.05) is 23.8 Å². The van der Waals surface area contributed by atoms with Gasteiger partial charge in [-0.05, 0) is 54.1 Å². The summed E-state index contributed by atoms with van der Waals surface area (Å²) in [5.74, 6) is -23.7. The number of phenolic OH excluding ortho intramolecular Hbond substituents is 1. The lowest BCUT2D eigenvalue weighted by Gasteiger charge is -2.50. The molecule has 0 bridgehead atoms. The van der Waals surface area contributed by atoms with Crippen LogP contribution in [0.25, 0.3) is 0 Å². The van der Waals surface area contributed by atoms with Crippen molar-refractivity contribution in [1.29, 1.82) is 0 Å². The molecule has 11 nitrogen and oxygen atoms in total. The second-order valence-corrected chi connectivity index (χ2v) is 14.2. The largest absolute Gasteiger partial charge is 0.502 e. The summed E-state index contributed by atoms with van der Waals surface area (Å²) in [6.45, 7) is 0. The van der Waals surface area contributed by atoms with Crippen LogP contribution in [0.5, 0.6) is 17.2 Å². The van der Waals surface area contributed by atoms with Gasteiger partial charge in [0.25, 0.3) is 11.8 Å². The van der Waals surface area contributed by atoms with Crippen molar-refractivity contribution in [2.24, 2.45) is 17.8 Å². The van der Waals surface area contributed by atoms with E-state index in [1.165, 1.54) is 56.7 Å². The number of anilines is 2. The van der Waals surface area contributed by atoms with E-state index in [1.807, 2.05) is 0 Å². The number of phenols is 1. The van der Waals surface area contributed by atoms with Crippen LogP contribution in [0.3, 0.4) is 0 Å². The van der Waals surface area contributed by atoms with Gasteiger partial charge in [-0.25, -0.2) is 26.9 Å². The van der Waals surface area contributed by atoms with Crippen molar-refractivity contribution < 1.29 is 65.8 Å². The zero-order valence-electron chi connectivity index (χ0n) is 27.2. The molecule has 1 saturated carbocycles. The Kier molecular flexibility index (Phi) is 8.60. The summed E-state index contributed by atoms with van der Waals surface area (Å²) in [6, 6.07) is 7.69. The molecule has 0 aromatic heterocycles. The maximum Gasteiger partial charge on any atom is 0.488 e. The smallest absolute Gasteiger partial charge is 0.488 e. The highest BCUT2D eigenvalue weighted by molar-refractivity contribution is 6.59. The molecule has 4 amide bonds. The first kappa shape index (κ1) is 36.6. The molecule has 0 radical (unpaired) electrons. The van der Waals surface area contributed by atoms with Gasteiger partial charge in [0.15, 0.2) is 44.5 Å². The summed E-state index contributed by atoms with van der Waals surface area (Å²) in [7, 11) is 0.397. The summed E-state index contributed by atoms with van der Waals surface area (Å²) < 4.78 is 84.2. The number of hydrogen-bond donors (Lipinski definition) is 3. The van der Waals surface area contributed by atoms with Gasteiger partial charge < -0.3 is 24.6 Å². The molecule has 3 aromatic rings. The van der Waals surface area contributed by atoms with Gasteiger partial charge in [0.2, 0.25) is 23.4 Å². The number of fused-ring (bicyclic) bond motifs is 4. The van der Waals surface area contributed by atoms with E-state index < -0.39 is 111 Å². The second-order valence-electron chi connectivity index (χ2n) is 12.9. The van der Waals surface area contributed by atoms with Gasteiger partial charge in [-0.2, -0.15) is 0 Å². The molecule has 0 unspecified atom stereocenters. The van der Waals surface area contributed by atoms with Gasteiger partial charge in [0.05, 0.1) is 31.7 Å². The summed E-state index contributed by atoms with van der Waals surface area (Å²) in [6.07, 6.45) is 0.603. The molecule has 2 aliphatic carbocycles. The van der Waals surface area contributed by atoms with E-state index in [4.69, 9.17) is 32.7 Å². The number of imide groups is 2. The minimum absolute atomic E-state index is 0.0150. The molecule has 7 rings (SSSR count). The molecule has 19 heteroatoms. The molecule has 3 aromatic carbocycles. The molecule has 2 aliphatic heterocycles. The normalized spacial score (nSPS) is 27.8. The third kappa shape index (κ3) is 4.79. The maximum absolute atomic E-state index is 15.3. The Balaban J connectivity index is 1.45. The van der Waals surface area contributed by atoms with Gasteiger partial charge in [0.1, 0.15) is 5.69 Å². The van der Waals surface area contributed by atoms with Gasteiger partial charge in [0, 0.05) is 5.92 Å². The number of carbonyl (C=O) groups excluding carboxylic acids is 4. The molecule has 2 saturated heterocycles. The second kappa shape index (κ2) is 12.4. The van der Waals surface area contributed by atoms with Crippen LogP contribution in [0, 0.1) is 46.8 Å². The number of hydrogen-bond acceptors (Lipinski definition) is 9. The molecule has 3 N–H and O–H groups in total. The highest BCUT2D eigenvalue weighted by atomic mass is 35.5.